The zero-order valence-corrected chi connectivity index (χ0v) is 12.4. The van der Waals surface area contributed by atoms with E-state index < -0.39 is 35.6 Å². The first-order valence-electron chi connectivity index (χ1n) is 7.61. The number of carbonyl (C=O) groups excluding carboxylic acids is 5. The quantitative estimate of drug-likeness (QED) is 0.546. The average Bonchev–Trinajstić information content (AvgIpc) is 3.02. The highest BCUT2D eigenvalue weighted by Gasteiger charge is 2.44. The molecule has 0 aromatic carbocycles. The molecular weight excluding hydrogens is 312 g/mol. The normalized spacial score (nSPS) is 33.8. The molecule has 1 heterocycles. The number of ketones is 3. The Morgan fingerprint density at radius 1 is 0.792 bits per heavy atom. The zero-order valence-electron chi connectivity index (χ0n) is 12.4. The second kappa shape index (κ2) is 5.06. The lowest BCUT2D eigenvalue weighted by Crippen LogP contribution is -2.22. The monoisotopic (exact) mass is 324 g/mol. The van der Waals surface area contributed by atoms with E-state index in [0.717, 1.165) is 0 Å². The molecule has 6 heteroatoms. The molecule has 0 spiro atoms. The van der Waals surface area contributed by atoms with Gasteiger partial charge in [-0.25, -0.2) is 0 Å². The van der Waals surface area contributed by atoms with Crippen LogP contribution >= 0.6 is 0 Å². The van der Waals surface area contributed by atoms with Crippen molar-refractivity contribution in [3.05, 3.63) is 47.6 Å². The fourth-order valence-corrected chi connectivity index (χ4v) is 3.51. The zero-order chi connectivity index (χ0) is 17.0. The van der Waals surface area contributed by atoms with Crippen LogP contribution < -0.4 is 0 Å². The summed E-state index contributed by atoms with van der Waals surface area (Å²) in [5, 5.41) is 0. The van der Waals surface area contributed by atoms with Gasteiger partial charge in [-0.15, -0.1) is 0 Å². The van der Waals surface area contributed by atoms with Gasteiger partial charge in [0.15, 0.2) is 5.78 Å². The summed E-state index contributed by atoms with van der Waals surface area (Å²) in [4.78, 5) is 59.3. The van der Waals surface area contributed by atoms with Crippen molar-refractivity contribution in [2.24, 2.45) is 23.7 Å². The van der Waals surface area contributed by atoms with Crippen LogP contribution in [0.3, 0.4) is 0 Å². The van der Waals surface area contributed by atoms with E-state index in [4.69, 9.17) is 0 Å². The van der Waals surface area contributed by atoms with E-state index in [1.165, 1.54) is 24.3 Å². The Morgan fingerprint density at radius 3 is 2.04 bits per heavy atom. The molecule has 6 nitrogen and oxygen atoms in total. The summed E-state index contributed by atoms with van der Waals surface area (Å²) in [5.41, 5.74) is 0.584. The number of ether oxygens (including phenoxy) is 1. The van der Waals surface area contributed by atoms with Gasteiger partial charge in [-0.1, -0.05) is 36.5 Å². The van der Waals surface area contributed by atoms with Crippen LogP contribution in [0.15, 0.2) is 47.6 Å². The Morgan fingerprint density at radius 2 is 1.33 bits per heavy atom. The van der Waals surface area contributed by atoms with Gasteiger partial charge in [0.25, 0.3) is 0 Å². The third-order valence-electron chi connectivity index (χ3n) is 4.82. The fourth-order valence-electron chi connectivity index (χ4n) is 3.51. The first-order chi connectivity index (χ1) is 11.5. The third kappa shape index (κ3) is 2.06. The first-order valence-corrected chi connectivity index (χ1v) is 7.61. The molecule has 4 atom stereocenters. The minimum Gasteiger partial charge on any atom is -0.392 e. The molecule has 1 aliphatic heterocycles. The van der Waals surface area contributed by atoms with Crippen molar-refractivity contribution in [3.63, 3.8) is 0 Å². The molecule has 1 saturated carbocycles. The van der Waals surface area contributed by atoms with Crippen LogP contribution in [-0.4, -0.2) is 29.3 Å². The number of Topliss-reactive ketones (excluding diaryl/α,β-unsaturated/α-hetero) is 3. The molecule has 0 radical (unpaired) electrons. The van der Waals surface area contributed by atoms with Crippen LogP contribution in [0.4, 0.5) is 0 Å². The molecule has 4 aliphatic rings. The highest BCUT2D eigenvalue weighted by molar-refractivity contribution is 6.16. The largest absolute Gasteiger partial charge is 0.392 e. The van der Waals surface area contributed by atoms with Crippen molar-refractivity contribution < 1.29 is 28.7 Å². The van der Waals surface area contributed by atoms with Crippen LogP contribution in [-0.2, 0) is 28.7 Å². The molecule has 3 aliphatic carbocycles. The SMILES string of the molecule is O=C(C1=CC2C(=O)CC(=O)C2C=C1)C1=CC2C(=O)OC(=O)C2C=C1. The summed E-state index contributed by atoms with van der Waals surface area (Å²) < 4.78 is 4.57. The molecule has 4 rings (SSSR count). The second-order valence-corrected chi connectivity index (χ2v) is 6.24. The maximum absolute atomic E-state index is 12.6. The van der Waals surface area contributed by atoms with E-state index in [2.05, 4.69) is 4.74 Å². The summed E-state index contributed by atoms with van der Waals surface area (Å²) in [6, 6.07) is 0. The van der Waals surface area contributed by atoms with Crippen molar-refractivity contribution in [1.82, 2.24) is 0 Å². The molecule has 1 saturated heterocycles. The van der Waals surface area contributed by atoms with E-state index in [9.17, 15) is 24.0 Å². The molecule has 0 bridgehead atoms. The van der Waals surface area contributed by atoms with Crippen molar-refractivity contribution in [2.45, 2.75) is 6.42 Å². The molecule has 0 aromatic rings. The van der Waals surface area contributed by atoms with Crippen molar-refractivity contribution in [2.75, 3.05) is 0 Å². The van der Waals surface area contributed by atoms with Crippen LogP contribution in [0.25, 0.3) is 0 Å². The van der Waals surface area contributed by atoms with E-state index in [0.29, 0.717) is 5.57 Å². The summed E-state index contributed by atoms with van der Waals surface area (Å²) in [7, 11) is 0. The molecule has 4 unspecified atom stereocenters. The Kier molecular flexibility index (Phi) is 3.09. The predicted molar refractivity (Wildman–Crippen MR) is 79.1 cm³/mol. The number of esters is 2. The Hall–Kier alpha value is -2.89. The van der Waals surface area contributed by atoms with Crippen molar-refractivity contribution in [3.8, 4) is 0 Å². The molecule has 0 aromatic heterocycles. The van der Waals surface area contributed by atoms with Gasteiger partial charge in [0.05, 0.1) is 24.2 Å². The molecule has 0 amide bonds. The Labute approximate surface area is 136 Å². The van der Waals surface area contributed by atoms with Gasteiger partial charge in [-0.05, 0) is 0 Å². The maximum Gasteiger partial charge on any atom is 0.321 e. The van der Waals surface area contributed by atoms with Gasteiger partial charge in [-0.2, -0.15) is 0 Å². The Balaban J connectivity index is 1.61. The van der Waals surface area contributed by atoms with Gasteiger partial charge >= 0.3 is 11.9 Å². The van der Waals surface area contributed by atoms with E-state index >= 15 is 0 Å². The molecule has 24 heavy (non-hydrogen) atoms. The summed E-state index contributed by atoms with van der Waals surface area (Å²) >= 11 is 0. The highest BCUT2D eigenvalue weighted by atomic mass is 16.6. The molecular formula is C18H12O6. The van der Waals surface area contributed by atoms with Crippen LogP contribution in [0.5, 0.6) is 0 Å². The van der Waals surface area contributed by atoms with Gasteiger partial charge in [-0.3, -0.25) is 24.0 Å². The second-order valence-electron chi connectivity index (χ2n) is 6.24. The minimum absolute atomic E-state index is 0.0993. The molecule has 2 fully saturated rings. The van der Waals surface area contributed by atoms with Crippen molar-refractivity contribution >= 4 is 29.3 Å². The van der Waals surface area contributed by atoms with Crippen molar-refractivity contribution in [1.29, 1.82) is 0 Å². The van der Waals surface area contributed by atoms with E-state index in [-0.39, 0.29) is 29.3 Å². The standard InChI is InChI=1S/C18H12O6/c19-14-7-15(20)12-5-8(1-3-10(12)14)16(21)9-2-4-11-13(6-9)18(23)24-17(11)22/h1-6,10-13H,7H2. The lowest BCUT2D eigenvalue weighted by molar-refractivity contribution is -0.153. The van der Waals surface area contributed by atoms with Crippen LogP contribution in [0.2, 0.25) is 0 Å². The topological polar surface area (TPSA) is 94.6 Å². The van der Waals surface area contributed by atoms with Gasteiger partial charge in [0.1, 0.15) is 11.6 Å². The lowest BCUT2D eigenvalue weighted by Gasteiger charge is -2.18. The number of allylic oxidation sites excluding steroid dienone is 6. The maximum atomic E-state index is 12.6. The number of hydrogen-bond donors (Lipinski definition) is 0. The third-order valence-corrected chi connectivity index (χ3v) is 4.82. The Bertz CT molecular complexity index is 770. The molecule has 120 valence electrons. The van der Waals surface area contributed by atoms with E-state index in [1.807, 2.05) is 0 Å². The minimum atomic E-state index is -0.781. The summed E-state index contributed by atoms with van der Waals surface area (Å²) in [6.07, 6.45) is 8.98. The number of cyclic esters (lactones) is 2. The van der Waals surface area contributed by atoms with Gasteiger partial charge in [0, 0.05) is 17.1 Å². The molecule has 0 N–H and O–H groups in total. The first kappa shape index (κ1) is 14.7. The smallest absolute Gasteiger partial charge is 0.321 e. The number of hydrogen-bond acceptors (Lipinski definition) is 6. The number of fused-ring (bicyclic) bond motifs is 2. The lowest BCUT2D eigenvalue weighted by atomic mass is 9.82. The van der Waals surface area contributed by atoms with Gasteiger partial charge < -0.3 is 4.74 Å². The highest BCUT2D eigenvalue weighted by Crippen LogP contribution is 2.35. The predicted octanol–water partition coefficient (Wildman–Crippen LogP) is 0.638. The van der Waals surface area contributed by atoms with E-state index in [1.54, 1.807) is 12.2 Å². The summed E-state index contributed by atoms with van der Waals surface area (Å²) in [6.45, 7) is 0. The number of rotatable bonds is 2. The number of carbonyl (C=O) groups is 5. The fraction of sp³-hybridized carbons (Fsp3) is 0.278. The summed E-state index contributed by atoms with van der Waals surface area (Å²) in [5.74, 6) is -4.45. The van der Waals surface area contributed by atoms with Crippen LogP contribution in [0.1, 0.15) is 6.42 Å². The average molecular weight is 324 g/mol. The van der Waals surface area contributed by atoms with Crippen LogP contribution in [0, 0.1) is 23.7 Å². The van der Waals surface area contributed by atoms with Gasteiger partial charge in [0.2, 0.25) is 0 Å².